The van der Waals surface area contributed by atoms with Crippen molar-refractivity contribution in [3.63, 3.8) is 0 Å². The lowest BCUT2D eigenvalue weighted by molar-refractivity contribution is -0.139. The summed E-state index contributed by atoms with van der Waals surface area (Å²) < 4.78 is 19.2. The number of methoxy groups -OCH3 is 1. The van der Waals surface area contributed by atoms with Gasteiger partial charge in [-0.3, -0.25) is 9.36 Å². The summed E-state index contributed by atoms with van der Waals surface area (Å²) in [4.78, 5) is 32.1. The third-order valence-corrected chi connectivity index (χ3v) is 7.35. The number of carbonyl (C=O) groups excluding carboxylic acids is 1. The molecule has 4 rings (SSSR count). The molecule has 1 unspecified atom stereocenters. The molecule has 1 aromatic heterocycles. The quantitative estimate of drug-likeness (QED) is 0.419. The predicted octanol–water partition coefficient (Wildman–Crippen LogP) is 4.06. The smallest absolute Gasteiger partial charge is 0.338 e. The van der Waals surface area contributed by atoms with E-state index >= 15 is 0 Å². The number of nitrogens with zero attached hydrogens (tertiary/aromatic N) is 2. The summed E-state index contributed by atoms with van der Waals surface area (Å²) in [6, 6.07) is 9.72. The van der Waals surface area contributed by atoms with Gasteiger partial charge >= 0.3 is 5.97 Å². The Hall–Kier alpha value is -3.37. The lowest BCUT2D eigenvalue weighted by Crippen LogP contribution is -2.40. The number of hydrogen-bond acceptors (Lipinski definition) is 8. The van der Waals surface area contributed by atoms with Gasteiger partial charge in [0.15, 0.2) is 16.3 Å². The Kier molecular flexibility index (Phi) is 7.89. The molecule has 0 fully saturated rings. The van der Waals surface area contributed by atoms with Crippen LogP contribution in [0.3, 0.4) is 0 Å². The van der Waals surface area contributed by atoms with Crippen molar-refractivity contribution in [1.82, 2.24) is 4.57 Å². The number of thiazole rings is 1. The monoisotopic (exact) mass is 586 g/mol. The summed E-state index contributed by atoms with van der Waals surface area (Å²) in [7, 11) is 1.46. The molecule has 8 nitrogen and oxygen atoms in total. The van der Waals surface area contributed by atoms with Gasteiger partial charge in [-0.25, -0.2) is 9.79 Å². The molecule has 1 aliphatic heterocycles. The fourth-order valence-corrected chi connectivity index (χ4v) is 5.61. The molecule has 0 spiro atoms. The predicted molar refractivity (Wildman–Crippen MR) is 145 cm³/mol. The van der Waals surface area contributed by atoms with E-state index in [1.165, 1.54) is 29.1 Å². The van der Waals surface area contributed by atoms with E-state index in [-0.39, 0.29) is 35.3 Å². The zero-order chi connectivity index (χ0) is 26.9. The van der Waals surface area contributed by atoms with Crippen LogP contribution in [0, 0.1) is 0 Å². The SMILES string of the molecule is CCOC(=O)C1=C(C)N=c2sc(=Cc3cc(OC)c(O)cc3Br)c(=O)n2C1c1ccccc1OC(C)C. The second kappa shape index (κ2) is 10.9. The number of hydrogen-bond donors (Lipinski definition) is 1. The summed E-state index contributed by atoms with van der Waals surface area (Å²) in [5.74, 6) is 0.290. The Bertz CT molecular complexity index is 1570. The molecule has 3 aromatic rings. The topological polar surface area (TPSA) is 99.4 Å². The van der Waals surface area contributed by atoms with Gasteiger partial charge in [0, 0.05) is 10.0 Å². The maximum Gasteiger partial charge on any atom is 0.338 e. The summed E-state index contributed by atoms with van der Waals surface area (Å²) >= 11 is 4.65. The zero-order valence-electron chi connectivity index (χ0n) is 21.1. The highest BCUT2D eigenvalue weighted by molar-refractivity contribution is 9.10. The second-order valence-corrected chi connectivity index (χ2v) is 10.4. The molecule has 194 valence electrons. The van der Waals surface area contributed by atoms with Crippen LogP contribution in [-0.2, 0) is 9.53 Å². The van der Waals surface area contributed by atoms with Crippen LogP contribution in [0.5, 0.6) is 17.2 Å². The van der Waals surface area contributed by atoms with Crippen molar-refractivity contribution >= 4 is 39.3 Å². The molecule has 0 saturated carbocycles. The maximum absolute atomic E-state index is 13.9. The van der Waals surface area contributed by atoms with Gasteiger partial charge in [-0.1, -0.05) is 45.5 Å². The van der Waals surface area contributed by atoms with E-state index in [1.54, 1.807) is 26.0 Å². The molecular weight excluding hydrogens is 560 g/mol. The summed E-state index contributed by atoms with van der Waals surface area (Å²) in [5.41, 5.74) is 1.74. The fraction of sp³-hybridized carbons (Fsp3) is 0.296. The van der Waals surface area contributed by atoms with E-state index < -0.39 is 12.0 Å². The standard InChI is InChI=1S/C27H27BrN2O6S/c1-6-35-26(33)23-15(4)29-27-30(24(23)17-9-7-8-10-20(17)36-14(2)3)25(32)22(37-27)12-16-11-21(34-5)19(31)13-18(16)28/h7-14,24,31H,6H2,1-5H3. The van der Waals surface area contributed by atoms with E-state index in [0.717, 1.165) is 0 Å². The number of aromatic nitrogens is 1. The van der Waals surface area contributed by atoms with E-state index in [1.807, 2.05) is 38.1 Å². The number of rotatable bonds is 7. The van der Waals surface area contributed by atoms with Crippen LogP contribution in [0.2, 0.25) is 0 Å². The molecular formula is C27H27BrN2O6S. The van der Waals surface area contributed by atoms with Crippen LogP contribution >= 0.6 is 27.3 Å². The minimum atomic E-state index is -0.787. The summed E-state index contributed by atoms with van der Waals surface area (Å²) in [6.45, 7) is 7.49. The molecule has 0 amide bonds. The first-order valence-electron chi connectivity index (χ1n) is 11.7. The zero-order valence-corrected chi connectivity index (χ0v) is 23.5. The van der Waals surface area contributed by atoms with Crippen molar-refractivity contribution in [3.8, 4) is 17.2 Å². The number of fused-ring (bicyclic) bond motifs is 1. The lowest BCUT2D eigenvalue weighted by Gasteiger charge is -2.26. The third kappa shape index (κ3) is 5.21. The van der Waals surface area contributed by atoms with E-state index in [9.17, 15) is 14.7 Å². The summed E-state index contributed by atoms with van der Waals surface area (Å²) in [6.07, 6.45) is 1.59. The van der Waals surface area contributed by atoms with E-state index in [2.05, 4.69) is 20.9 Å². The van der Waals surface area contributed by atoms with Crippen molar-refractivity contribution in [2.45, 2.75) is 39.8 Å². The number of benzene rings is 2. The number of allylic oxidation sites excluding steroid dienone is 1. The van der Waals surface area contributed by atoms with Gasteiger partial charge < -0.3 is 19.3 Å². The van der Waals surface area contributed by atoms with Gasteiger partial charge in [0.2, 0.25) is 0 Å². The fourth-order valence-electron chi connectivity index (χ4n) is 4.13. The number of para-hydroxylation sites is 1. The van der Waals surface area contributed by atoms with Crippen molar-refractivity contribution in [2.75, 3.05) is 13.7 Å². The van der Waals surface area contributed by atoms with Crippen LogP contribution in [0.25, 0.3) is 6.08 Å². The van der Waals surface area contributed by atoms with Crippen LogP contribution < -0.4 is 24.4 Å². The van der Waals surface area contributed by atoms with E-state index in [0.29, 0.717) is 36.4 Å². The minimum Gasteiger partial charge on any atom is -0.504 e. The molecule has 0 bridgehead atoms. The first kappa shape index (κ1) is 26.7. The average Bonchev–Trinajstić information content (AvgIpc) is 3.14. The van der Waals surface area contributed by atoms with Crippen LogP contribution in [0.1, 0.15) is 44.9 Å². The molecule has 10 heteroatoms. The first-order valence-corrected chi connectivity index (χ1v) is 13.3. The number of carbonyl (C=O) groups is 1. The number of ether oxygens (including phenoxy) is 3. The van der Waals surface area contributed by atoms with Crippen LogP contribution in [0.15, 0.2) is 61.9 Å². The molecule has 0 aliphatic carbocycles. The second-order valence-electron chi connectivity index (χ2n) is 8.55. The van der Waals surface area contributed by atoms with Crippen molar-refractivity contribution < 1.29 is 24.1 Å². The van der Waals surface area contributed by atoms with Gasteiger partial charge in [-0.05, 0) is 57.5 Å². The Morgan fingerprint density at radius 3 is 2.68 bits per heavy atom. The molecule has 0 radical (unpaired) electrons. The third-order valence-electron chi connectivity index (χ3n) is 5.68. The number of aromatic hydroxyl groups is 1. The van der Waals surface area contributed by atoms with Crippen molar-refractivity contribution in [3.05, 3.63) is 83.0 Å². The Balaban J connectivity index is 1.99. The lowest BCUT2D eigenvalue weighted by atomic mass is 9.95. The highest BCUT2D eigenvalue weighted by atomic mass is 79.9. The highest BCUT2D eigenvalue weighted by Gasteiger charge is 2.35. The molecule has 2 heterocycles. The minimum absolute atomic E-state index is 0.0237. The Labute approximate surface area is 226 Å². The Morgan fingerprint density at radius 2 is 2.00 bits per heavy atom. The van der Waals surface area contributed by atoms with Gasteiger partial charge in [0.1, 0.15) is 11.8 Å². The van der Waals surface area contributed by atoms with Gasteiger partial charge in [0.05, 0.1) is 35.6 Å². The maximum atomic E-state index is 13.9. The van der Waals surface area contributed by atoms with Crippen LogP contribution in [-0.4, -0.2) is 35.5 Å². The van der Waals surface area contributed by atoms with Crippen molar-refractivity contribution in [2.24, 2.45) is 4.99 Å². The molecule has 1 N–H and O–H groups in total. The largest absolute Gasteiger partial charge is 0.504 e. The van der Waals surface area contributed by atoms with E-state index in [4.69, 9.17) is 14.2 Å². The molecule has 1 aliphatic rings. The number of halogens is 1. The van der Waals surface area contributed by atoms with Gasteiger partial charge in [-0.2, -0.15) is 0 Å². The van der Waals surface area contributed by atoms with Gasteiger partial charge in [0.25, 0.3) is 5.56 Å². The van der Waals surface area contributed by atoms with Gasteiger partial charge in [-0.15, -0.1) is 0 Å². The molecule has 37 heavy (non-hydrogen) atoms. The normalized spacial score (nSPS) is 15.4. The number of esters is 1. The number of phenolic OH excluding ortho intramolecular Hbond substituents is 1. The van der Waals surface area contributed by atoms with Crippen molar-refractivity contribution in [1.29, 1.82) is 0 Å². The summed E-state index contributed by atoms with van der Waals surface area (Å²) in [5, 5.41) is 10.1. The van der Waals surface area contributed by atoms with Crippen LogP contribution in [0.4, 0.5) is 0 Å². The highest BCUT2D eigenvalue weighted by Crippen LogP contribution is 2.36. The molecule has 1 atom stereocenters. The molecule has 2 aromatic carbocycles. The molecule has 0 saturated heterocycles. The first-order chi connectivity index (χ1) is 17.7. The number of phenols is 1. The Morgan fingerprint density at radius 1 is 1.27 bits per heavy atom. The average molecular weight is 587 g/mol.